The topological polar surface area (TPSA) is 98.3 Å². The molecule has 3 N–H and O–H groups in total. The molecule has 1 unspecified atom stereocenters. The third-order valence-corrected chi connectivity index (χ3v) is 5.07. The smallest absolute Gasteiger partial charge is 0.248 e. The Balaban J connectivity index is 2.18. The van der Waals surface area contributed by atoms with Gasteiger partial charge in [0.25, 0.3) is 0 Å². The Morgan fingerprint density at radius 2 is 2.12 bits per heavy atom. The first kappa shape index (κ1) is 25.2. The van der Waals surface area contributed by atoms with Crippen LogP contribution < -0.4 is 11.1 Å². The van der Waals surface area contributed by atoms with Crippen molar-refractivity contribution in [3.63, 3.8) is 0 Å². The van der Waals surface area contributed by atoms with Crippen LogP contribution in [0.15, 0.2) is 69.9 Å². The van der Waals surface area contributed by atoms with Crippen molar-refractivity contribution in [2.24, 2.45) is 15.7 Å². The predicted molar refractivity (Wildman–Crippen MR) is 130 cm³/mol. The lowest BCUT2D eigenvalue weighted by atomic mass is 9.94. The van der Waals surface area contributed by atoms with Crippen molar-refractivity contribution in [2.75, 3.05) is 20.4 Å². The molecule has 7 heteroatoms. The summed E-state index contributed by atoms with van der Waals surface area (Å²) in [5, 5.41) is 3.61. The molecule has 0 heterocycles. The third-order valence-electron chi connectivity index (χ3n) is 5.07. The monoisotopic (exact) mass is 438 g/mol. The molecule has 1 aromatic carbocycles. The fraction of sp³-hybridized carbons (Fsp3) is 0.400. The maximum absolute atomic E-state index is 11.3. The zero-order chi connectivity index (χ0) is 23.2. The summed E-state index contributed by atoms with van der Waals surface area (Å²) in [5.41, 5.74) is 8.00. The molecular formula is C25H34N4O3. The van der Waals surface area contributed by atoms with E-state index in [4.69, 9.17) is 15.2 Å². The Kier molecular flexibility index (Phi) is 11.1. The van der Waals surface area contributed by atoms with E-state index < -0.39 is 5.91 Å². The Morgan fingerprint density at radius 1 is 1.34 bits per heavy atom. The zero-order valence-electron chi connectivity index (χ0n) is 19.0. The molecule has 0 saturated carbocycles. The van der Waals surface area contributed by atoms with Crippen molar-refractivity contribution in [3.8, 4) is 0 Å². The van der Waals surface area contributed by atoms with Crippen LogP contribution in [0.5, 0.6) is 0 Å². The molecule has 1 aliphatic rings. The van der Waals surface area contributed by atoms with Gasteiger partial charge in [0, 0.05) is 31.8 Å². The number of methoxy groups -OCH3 is 1. The van der Waals surface area contributed by atoms with E-state index >= 15 is 0 Å². The minimum atomic E-state index is -0.431. The minimum absolute atomic E-state index is 0.0266. The van der Waals surface area contributed by atoms with Crippen molar-refractivity contribution < 1.29 is 14.3 Å². The van der Waals surface area contributed by atoms with Gasteiger partial charge in [-0.05, 0) is 67.6 Å². The quantitative estimate of drug-likeness (QED) is 0.343. The van der Waals surface area contributed by atoms with Gasteiger partial charge in [-0.2, -0.15) is 0 Å². The van der Waals surface area contributed by atoms with E-state index in [0.29, 0.717) is 18.7 Å². The lowest BCUT2D eigenvalue weighted by Crippen LogP contribution is -2.40. The second-order valence-electron chi connectivity index (χ2n) is 7.43. The van der Waals surface area contributed by atoms with Crippen LogP contribution in [-0.2, 0) is 16.0 Å². The van der Waals surface area contributed by atoms with Gasteiger partial charge in [-0.1, -0.05) is 31.2 Å². The normalized spacial score (nSPS) is 15.6. The molecule has 0 fully saturated rings. The fourth-order valence-corrected chi connectivity index (χ4v) is 3.42. The van der Waals surface area contributed by atoms with Gasteiger partial charge in [0.1, 0.15) is 5.76 Å². The lowest BCUT2D eigenvalue weighted by Gasteiger charge is -2.27. The average molecular weight is 439 g/mol. The molecule has 172 valence electrons. The van der Waals surface area contributed by atoms with Gasteiger partial charge >= 0.3 is 0 Å². The highest BCUT2D eigenvalue weighted by Gasteiger charge is 2.24. The first-order chi connectivity index (χ1) is 15.6. The van der Waals surface area contributed by atoms with Crippen LogP contribution in [0.25, 0.3) is 0 Å². The highest BCUT2D eigenvalue weighted by atomic mass is 16.7. The van der Waals surface area contributed by atoms with Crippen LogP contribution in [0.3, 0.4) is 0 Å². The van der Waals surface area contributed by atoms with E-state index in [1.165, 1.54) is 0 Å². The van der Waals surface area contributed by atoms with E-state index in [2.05, 4.69) is 35.0 Å². The molecule has 0 spiro atoms. The van der Waals surface area contributed by atoms with Gasteiger partial charge < -0.3 is 20.5 Å². The molecule has 32 heavy (non-hydrogen) atoms. The van der Waals surface area contributed by atoms with Gasteiger partial charge in [-0.25, -0.2) is 0 Å². The van der Waals surface area contributed by atoms with E-state index in [-0.39, 0.29) is 18.9 Å². The van der Waals surface area contributed by atoms with Crippen molar-refractivity contribution in [1.29, 1.82) is 0 Å². The average Bonchev–Trinajstić information content (AvgIpc) is 3.04. The molecule has 1 aromatic rings. The van der Waals surface area contributed by atoms with Crippen LogP contribution >= 0.6 is 0 Å². The highest BCUT2D eigenvalue weighted by Crippen LogP contribution is 2.23. The number of allylic oxidation sites excluding steroid dienone is 4. The Morgan fingerprint density at radius 3 is 2.78 bits per heavy atom. The van der Waals surface area contributed by atoms with E-state index in [1.807, 2.05) is 36.6 Å². The maximum Gasteiger partial charge on any atom is 0.248 e. The molecule has 2 atom stereocenters. The Bertz CT molecular complexity index is 856. The molecule has 7 nitrogen and oxygen atoms in total. The molecule has 0 radical (unpaired) electrons. The molecule has 1 aliphatic carbocycles. The first-order valence-electron chi connectivity index (χ1n) is 10.8. The van der Waals surface area contributed by atoms with Gasteiger partial charge in [0.05, 0.1) is 6.04 Å². The Hall–Kier alpha value is -3.03. The number of nitrogens with one attached hydrogen (secondary N) is 1. The summed E-state index contributed by atoms with van der Waals surface area (Å²) in [6.07, 6.45) is 12.4. The molecule has 0 saturated heterocycles. The van der Waals surface area contributed by atoms with Gasteiger partial charge in [-0.15, -0.1) is 0 Å². The van der Waals surface area contributed by atoms with Crippen molar-refractivity contribution in [1.82, 2.24) is 5.32 Å². The van der Waals surface area contributed by atoms with Crippen LogP contribution in [0.2, 0.25) is 0 Å². The molecule has 0 bridgehead atoms. The first-order valence-corrected chi connectivity index (χ1v) is 10.8. The number of aliphatic imine (C=N–C) groups is 2. The van der Waals surface area contributed by atoms with Crippen molar-refractivity contribution in [3.05, 3.63) is 71.0 Å². The van der Waals surface area contributed by atoms with E-state index in [1.54, 1.807) is 19.2 Å². The number of carbonyl (C=O) groups is 1. The summed E-state index contributed by atoms with van der Waals surface area (Å²) in [4.78, 5) is 20.3. The molecule has 1 amide bonds. The number of amides is 1. The summed E-state index contributed by atoms with van der Waals surface area (Å²) < 4.78 is 10.7. The maximum atomic E-state index is 11.3. The van der Waals surface area contributed by atoms with Crippen LogP contribution in [0.1, 0.15) is 42.1 Å². The summed E-state index contributed by atoms with van der Waals surface area (Å²) >= 11 is 0. The molecule has 2 rings (SSSR count). The highest BCUT2D eigenvalue weighted by molar-refractivity contribution is 5.92. The number of ether oxygens (including phenoxy) is 2. The Labute approximate surface area is 190 Å². The minimum Gasteiger partial charge on any atom is -0.468 e. The van der Waals surface area contributed by atoms with Crippen LogP contribution in [-0.4, -0.2) is 51.4 Å². The lowest BCUT2D eigenvalue weighted by molar-refractivity contribution is 0.01000. The van der Waals surface area contributed by atoms with E-state index in [9.17, 15) is 4.79 Å². The van der Waals surface area contributed by atoms with E-state index in [0.717, 1.165) is 36.2 Å². The largest absolute Gasteiger partial charge is 0.468 e. The summed E-state index contributed by atoms with van der Waals surface area (Å²) in [7, 11) is 1.60. The summed E-state index contributed by atoms with van der Waals surface area (Å²) in [6.45, 7) is 7.45. The number of nitrogens with two attached hydrogens (primary N) is 1. The second-order valence-corrected chi connectivity index (χ2v) is 7.43. The van der Waals surface area contributed by atoms with Gasteiger partial charge in [-0.3, -0.25) is 14.8 Å². The number of hydrogen-bond acceptors (Lipinski definition) is 6. The van der Waals surface area contributed by atoms with Crippen LogP contribution in [0, 0.1) is 0 Å². The molecule has 0 aliphatic heterocycles. The number of rotatable bonds is 14. The number of nitrogens with zero attached hydrogens (tertiary/aromatic N) is 2. The number of hydrogen-bond donors (Lipinski definition) is 2. The van der Waals surface area contributed by atoms with Crippen molar-refractivity contribution >= 4 is 18.8 Å². The SMILES string of the molecule is C=N[C@@H](C1=CC(OCOC)=CC=CC1)C(CCN=CCC)NCc1ccc(C(N)=O)cc1. The number of primary amides is 1. The number of carbonyl (C=O) groups excluding carboxylic acids is 1. The fourth-order valence-electron chi connectivity index (χ4n) is 3.42. The molecule has 0 aromatic heterocycles. The standard InChI is InChI=1S/C25H34N4O3/c1-4-14-28-15-13-23(29-17-19-9-11-20(12-10-19)25(26)30)24(27-2)21-7-5-6-8-22(16-21)32-18-31-3/h5-6,8-12,14,16,23-24,29H,2,4,7,13,15,17-18H2,1,3H3,(H2,26,30)/t23?,24-/m0/s1. The molecular weight excluding hydrogens is 404 g/mol. The number of benzene rings is 1. The van der Waals surface area contributed by atoms with Gasteiger partial charge in [0.15, 0.2) is 6.79 Å². The third kappa shape index (κ3) is 8.24. The predicted octanol–water partition coefficient (Wildman–Crippen LogP) is 3.57. The second kappa shape index (κ2) is 14.1. The van der Waals surface area contributed by atoms with Gasteiger partial charge in [0.2, 0.25) is 5.91 Å². The van der Waals surface area contributed by atoms with Crippen LogP contribution in [0.4, 0.5) is 0 Å². The summed E-state index contributed by atoms with van der Waals surface area (Å²) in [5.74, 6) is 0.300. The van der Waals surface area contributed by atoms with Crippen molar-refractivity contribution in [2.45, 2.75) is 44.8 Å². The zero-order valence-corrected chi connectivity index (χ0v) is 19.0. The summed E-state index contributed by atoms with van der Waals surface area (Å²) in [6, 6.07) is 7.18.